The van der Waals surface area contributed by atoms with Crippen LogP contribution in [0, 0.1) is 17.3 Å². The molecule has 274 valence electrons. The first kappa shape index (κ1) is 34.7. The van der Waals surface area contributed by atoms with Gasteiger partial charge in [0.1, 0.15) is 0 Å². The van der Waals surface area contributed by atoms with Gasteiger partial charge in [0.25, 0.3) is 0 Å². The second kappa shape index (κ2) is 13.7. The van der Waals surface area contributed by atoms with E-state index in [9.17, 15) is 0 Å². The quantitative estimate of drug-likeness (QED) is 0.161. The number of fused-ring (bicyclic) bond motifs is 1. The lowest BCUT2D eigenvalue weighted by Gasteiger charge is -2.57. The van der Waals surface area contributed by atoms with Crippen LogP contribution in [-0.4, -0.2) is 5.25 Å². The summed E-state index contributed by atoms with van der Waals surface area (Å²) >= 11 is 2.31. The molecule has 13 rings (SSSR count). The molecule has 2 heteroatoms. The Morgan fingerprint density at radius 1 is 0.564 bits per heavy atom. The molecule has 0 radical (unpaired) electrons. The van der Waals surface area contributed by atoms with E-state index in [1.807, 2.05) is 0 Å². The highest BCUT2D eigenvalue weighted by Gasteiger charge is 2.53. The van der Waals surface area contributed by atoms with E-state index >= 15 is 0 Å². The smallest absolute Gasteiger partial charge is 0.0537 e. The van der Waals surface area contributed by atoms with Crippen molar-refractivity contribution in [2.45, 2.75) is 75.7 Å². The predicted octanol–water partition coefficient (Wildman–Crippen LogP) is 15.1. The van der Waals surface area contributed by atoms with Gasteiger partial charge in [0.05, 0.1) is 5.69 Å². The fourth-order valence-corrected chi connectivity index (χ4v) is 12.3. The molecule has 3 aliphatic heterocycles. The summed E-state index contributed by atoms with van der Waals surface area (Å²) in [4.78, 5) is 2.56. The van der Waals surface area contributed by atoms with Gasteiger partial charge in [0, 0.05) is 26.9 Å². The predicted molar refractivity (Wildman–Crippen MR) is 237 cm³/mol. The van der Waals surface area contributed by atoms with E-state index in [0.29, 0.717) is 0 Å². The van der Waals surface area contributed by atoms with Crippen molar-refractivity contribution in [2.75, 3.05) is 4.90 Å². The van der Waals surface area contributed by atoms with Crippen molar-refractivity contribution in [1.29, 1.82) is 0 Å². The third-order valence-corrected chi connectivity index (χ3v) is 14.9. The SMILES string of the molecule is CC(C)(C)C1=CC=C(N(c2ccc(-c3ccc(-c4ccccc4)cc3)cc2)c2ccccc2-c2cccc3cccc(C45CC6CC(C6)CC(C4)S5)c23)CC1. The molecule has 6 aromatic carbocycles. The van der Waals surface area contributed by atoms with E-state index in [2.05, 4.69) is 189 Å². The number of hydrogen-bond acceptors (Lipinski definition) is 2. The number of para-hydroxylation sites is 1. The van der Waals surface area contributed by atoms with Gasteiger partial charge in [-0.15, -0.1) is 11.8 Å². The molecule has 0 N–H and O–H groups in total. The molecule has 0 spiro atoms. The van der Waals surface area contributed by atoms with Crippen LogP contribution >= 0.6 is 11.8 Å². The summed E-state index contributed by atoms with van der Waals surface area (Å²) in [5, 5.41) is 3.65. The Morgan fingerprint density at radius 2 is 1.18 bits per heavy atom. The summed E-state index contributed by atoms with van der Waals surface area (Å²) < 4.78 is 0.236. The van der Waals surface area contributed by atoms with Crippen LogP contribution in [0.5, 0.6) is 0 Å². The summed E-state index contributed by atoms with van der Waals surface area (Å²) in [6.45, 7) is 7.03. The molecule has 6 aromatic rings. The molecule has 55 heavy (non-hydrogen) atoms. The minimum Gasteiger partial charge on any atom is -0.314 e. The van der Waals surface area contributed by atoms with Crippen molar-refractivity contribution in [3.05, 3.63) is 169 Å². The van der Waals surface area contributed by atoms with E-state index in [4.69, 9.17) is 0 Å². The van der Waals surface area contributed by atoms with E-state index in [-0.39, 0.29) is 10.2 Å². The molecule has 1 nitrogen and oxygen atoms in total. The third-order valence-electron chi connectivity index (χ3n) is 13.2. The fraction of sp³-hybridized carbons (Fsp3) is 0.283. The largest absolute Gasteiger partial charge is 0.314 e. The maximum absolute atomic E-state index is 2.56. The van der Waals surface area contributed by atoms with Crippen LogP contribution < -0.4 is 4.90 Å². The van der Waals surface area contributed by atoms with Crippen LogP contribution in [-0.2, 0) is 4.75 Å². The van der Waals surface area contributed by atoms with Gasteiger partial charge >= 0.3 is 0 Å². The minimum atomic E-state index is 0.164. The number of anilines is 2. The van der Waals surface area contributed by atoms with E-state index < -0.39 is 0 Å². The van der Waals surface area contributed by atoms with Crippen molar-refractivity contribution >= 4 is 33.9 Å². The Labute approximate surface area is 332 Å². The van der Waals surface area contributed by atoms with Gasteiger partial charge in [-0.2, -0.15) is 0 Å². The van der Waals surface area contributed by atoms with E-state index in [1.54, 1.807) is 5.56 Å². The molecule has 4 bridgehead atoms. The van der Waals surface area contributed by atoms with Crippen LogP contribution in [0.3, 0.4) is 0 Å². The molecule has 7 aliphatic rings. The zero-order chi connectivity index (χ0) is 37.1. The fourth-order valence-electron chi connectivity index (χ4n) is 10.3. The highest BCUT2D eigenvalue weighted by molar-refractivity contribution is 8.02. The number of allylic oxidation sites excluding steroid dienone is 4. The van der Waals surface area contributed by atoms with Crippen LogP contribution in [0.25, 0.3) is 44.2 Å². The molecule has 6 fully saturated rings. The lowest BCUT2D eigenvalue weighted by molar-refractivity contribution is 0.120. The molecule has 4 aliphatic carbocycles. The van der Waals surface area contributed by atoms with Crippen LogP contribution in [0.4, 0.5) is 11.4 Å². The zero-order valence-electron chi connectivity index (χ0n) is 32.5. The molecule has 2 atom stereocenters. The van der Waals surface area contributed by atoms with Gasteiger partial charge in [-0.1, -0.05) is 154 Å². The Hall–Kier alpha value is -4.79. The number of nitrogens with zero attached hydrogens (tertiary/aromatic N) is 1. The van der Waals surface area contributed by atoms with Crippen molar-refractivity contribution in [1.82, 2.24) is 0 Å². The molecule has 0 amide bonds. The first-order valence-corrected chi connectivity index (χ1v) is 21.4. The average Bonchev–Trinajstić information content (AvgIpc) is 3.17. The topological polar surface area (TPSA) is 3.24 Å². The summed E-state index contributed by atoms with van der Waals surface area (Å²) in [6.07, 6.45) is 13.9. The first-order chi connectivity index (χ1) is 26.8. The summed E-state index contributed by atoms with van der Waals surface area (Å²) in [6, 6.07) is 52.3. The Morgan fingerprint density at radius 3 is 1.85 bits per heavy atom. The highest BCUT2D eigenvalue weighted by atomic mass is 32.2. The monoisotopic (exact) mass is 733 g/mol. The van der Waals surface area contributed by atoms with Crippen molar-refractivity contribution in [3.63, 3.8) is 0 Å². The van der Waals surface area contributed by atoms with Crippen molar-refractivity contribution in [3.8, 4) is 33.4 Å². The standard InChI is InChI=1S/C53H51NS/c1-52(2,3)43-25-29-45(30-26-43)54(44-27-23-41(24-28-44)40-21-19-39(20-22-40)38-11-5-4-6-12-38)50-18-8-7-15-47(50)48-16-9-13-42-14-10-17-49(51(42)48)53-34-37-31-36(32-37)33-46(35-53)55-53/h4-25,27-29,36-37,46H,26,30-35H2,1-3H3. The zero-order valence-corrected chi connectivity index (χ0v) is 33.3. The van der Waals surface area contributed by atoms with Gasteiger partial charge in [0.15, 0.2) is 0 Å². The van der Waals surface area contributed by atoms with Crippen LogP contribution in [0.15, 0.2) is 163 Å². The van der Waals surface area contributed by atoms with Crippen molar-refractivity contribution in [2.24, 2.45) is 17.3 Å². The average molecular weight is 734 g/mol. The van der Waals surface area contributed by atoms with Gasteiger partial charge < -0.3 is 4.90 Å². The van der Waals surface area contributed by atoms with Gasteiger partial charge in [0.2, 0.25) is 0 Å². The maximum Gasteiger partial charge on any atom is 0.0537 e. The van der Waals surface area contributed by atoms with Gasteiger partial charge in [-0.05, 0) is 131 Å². The number of thioether (sulfide) groups is 1. The Kier molecular flexibility index (Phi) is 8.67. The second-order valence-electron chi connectivity index (χ2n) is 17.7. The Balaban J connectivity index is 1.08. The maximum atomic E-state index is 2.56. The first-order valence-electron chi connectivity index (χ1n) is 20.6. The summed E-state index contributed by atoms with van der Waals surface area (Å²) in [7, 11) is 0. The highest BCUT2D eigenvalue weighted by Crippen LogP contribution is 2.66. The summed E-state index contributed by atoms with van der Waals surface area (Å²) in [5.74, 6) is 1.87. The van der Waals surface area contributed by atoms with Gasteiger partial charge in [-0.3, -0.25) is 0 Å². The molecule has 2 unspecified atom stereocenters. The lowest BCUT2D eigenvalue weighted by atomic mass is 9.64. The number of benzene rings is 6. The second-order valence-corrected chi connectivity index (χ2v) is 19.4. The van der Waals surface area contributed by atoms with Crippen LogP contribution in [0.2, 0.25) is 0 Å². The van der Waals surface area contributed by atoms with Gasteiger partial charge in [-0.25, -0.2) is 0 Å². The molecule has 3 saturated carbocycles. The molecular formula is C53H51NS. The minimum absolute atomic E-state index is 0.164. The molecule has 3 heterocycles. The lowest BCUT2D eigenvalue weighted by Crippen LogP contribution is -2.47. The summed E-state index contributed by atoms with van der Waals surface area (Å²) in [5.41, 5.74) is 14.7. The third kappa shape index (κ3) is 6.37. The van der Waals surface area contributed by atoms with Crippen LogP contribution in [0.1, 0.15) is 71.3 Å². The normalized spacial score (nSPS) is 23.1. The molecule has 3 saturated heterocycles. The number of rotatable bonds is 7. The Bertz CT molecular complexity index is 2410. The molecule has 0 aromatic heterocycles. The van der Waals surface area contributed by atoms with E-state index in [1.165, 1.54) is 98.9 Å². The number of hydrogen-bond donors (Lipinski definition) is 0. The van der Waals surface area contributed by atoms with E-state index in [0.717, 1.165) is 29.9 Å². The molecular weight excluding hydrogens is 683 g/mol. The van der Waals surface area contributed by atoms with Crippen molar-refractivity contribution < 1.29 is 0 Å².